The summed E-state index contributed by atoms with van der Waals surface area (Å²) < 4.78 is 13.5. The van der Waals surface area contributed by atoms with Crippen molar-refractivity contribution in [3.8, 4) is 11.3 Å². The number of aromatic nitrogens is 4. The third-order valence-electron chi connectivity index (χ3n) is 7.09. The molecule has 0 aliphatic carbocycles. The van der Waals surface area contributed by atoms with E-state index in [1.54, 1.807) is 17.3 Å². The largest absolute Gasteiger partial charge is 0.445 e. The number of rotatable bonds is 10. The van der Waals surface area contributed by atoms with E-state index in [0.29, 0.717) is 19.8 Å². The average molecular weight is 577 g/mol. The predicted molar refractivity (Wildman–Crippen MR) is 166 cm³/mol. The van der Waals surface area contributed by atoms with Gasteiger partial charge in [0, 0.05) is 42.8 Å². The number of pyridine rings is 1. The van der Waals surface area contributed by atoms with Crippen molar-refractivity contribution in [3.05, 3.63) is 72.7 Å². The molecule has 0 radical (unpaired) electrons. The molecule has 1 aliphatic rings. The molecular formula is C31H40N6O3S. The van der Waals surface area contributed by atoms with Crippen LogP contribution in [0.1, 0.15) is 24.8 Å². The first-order valence-electron chi connectivity index (χ1n) is 14.1. The van der Waals surface area contributed by atoms with E-state index in [9.17, 15) is 4.79 Å². The van der Waals surface area contributed by atoms with Gasteiger partial charge in [-0.3, -0.25) is 0 Å². The maximum absolute atomic E-state index is 12.9. The lowest BCUT2D eigenvalue weighted by atomic mass is 10.1. The van der Waals surface area contributed by atoms with E-state index in [0.717, 1.165) is 65.4 Å². The minimum Gasteiger partial charge on any atom is -0.445 e. The molecule has 218 valence electrons. The highest BCUT2D eigenvalue weighted by Crippen LogP contribution is 2.33. The van der Waals surface area contributed by atoms with Crippen LogP contribution in [0.4, 0.5) is 10.6 Å². The summed E-state index contributed by atoms with van der Waals surface area (Å²) in [6.07, 6.45) is 15.0. The molecule has 1 N–H and O–H groups in total. The van der Waals surface area contributed by atoms with Crippen molar-refractivity contribution in [1.29, 1.82) is 0 Å². The zero-order chi connectivity index (χ0) is 28.7. The summed E-state index contributed by atoms with van der Waals surface area (Å²) in [5, 5.41) is 3.59. The van der Waals surface area contributed by atoms with Crippen LogP contribution in [0.5, 0.6) is 0 Å². The van der Waals surface area contributed by atoms with Crippen LogP contribution in [-0.4, -0.2) is 80.8 Å². The van der Waals surface area contributed by atoms with E-state index in [-0.39, 0.29) is 18.7 Å². The zero-order valence-corrected chi connectivity index (χ0v) is 25.0. The van der Waals surface area contributed by atoms with Gasteiger partial charge in [0.05, 0.1) is 18.5 Å². The molecule has 1 unspecified atom stereocenters. The van der Waals surface area contributed by atoms with Crippen molar-refractivity contribution < 1.29 is 14.3 Å². The molecular weight excluding hydrogens is 536 g/mol. The van der Waals surface area contributed by atoms with Gasteiger partial charge in [-0.15, -0.1) is 0 Å². The van der Waals surface area contributed by atoms with Crippen LogP contribution in [0.3, 0.4) is 0 Å². The molecule has 4 aromatic rings. The summed E-state index contributed by atoms with van der Waals surface area (Å²) in [5.74, 6) is 1.81. The summed E-state index contributed by atoms with van der Waals surface area (Å²) in [5.41, 5.74) is 4.20. The number of anilines is 1. The molecule has 1 amide bonds. The Balaban J connectivity index is 1.25. The summed E-state index contributed by atoms with van der Waals surface area (Å²) >= 11 is 0. The normalized spacial score (nSPS) is 16.4. The number of likely N-dealkylation sites (tertiary alicyclic amines) is 1. The lowest BCUT2D eigenvalue weighted by molar-refractivity contribution is 0.0923. The Morgan fingerprint density at radius 2 is 1.93 bits per heavy atom. The topological polar surface area (TPSA) is 94.4 Å². The quantitative estimate of drug-likeness (QED) is 0.240. The monoisotopic (exact) mass is 576 g/mol. The lowest BCUT2D eigenvalue weighted by Crippen LogP contribution is -2.39. The first kappa shape index (κ1) is 28.9. The lowest BCUT2D eigenvalue weighted by Gasteiger charge is -2.25. The highest BCUT2D eigenvalue weighted by atomic mass is 32.3. The van der Waals surface area contributed by atoms with Crippen molar-refractivity contribution in [1.82, 2.24) is 24.4 Å². The van der Waals surface area contributed by atoms with Gasteiger partial charge in [0.1, 0.15) is 24.7 Å². The third kappa shape index (κ3) is 7.98. The minimum absolute atomic E-state index is 0.0419. The number of hydrogen-bond acceptors (Lipinski definition) is 7. The van der Waals surface area contributed by atoms with Gasteiger partial charge >= 0.3 is 6.09 Å². The molecule has 4 heterocycles. The number of benzene rings is 1. The molecule has 5 rings (SSSR count). The highest BCUT2D eigenvalue weighted by molar-refractivity contribution is 8.32. The van der Waals surface area contributed by atoms with E-state index >= 15 is 0 Å². The van der Waals surface area contributed by atoms with Gasteiger partial charge in [0.25, 0.3) is 0 Å². The summed E-state index contributed by atoms with van der Waals surface area (Å²) in [6, 6.07) is 15.7. The van der Waals surface area contributed by atoms with Crippen LogP contribution in [-0.2, 0) is 22.8 Å². The summed E-state index contributed by atoms with van der Waals surface area (Å²) in [7, 11) is -0.581. The summed E-state index contributed by atoms with van der Waals surface area (Å²) in [4.78, 5) is 29.0. The standard InChI is InChI=1S/C31H40N6O3S/c1-41(2,3)19-18-39-23-37-17-14-27-30(37)33-20-28(35-27)26-13-9-15-32-29(26)34-25-12-7-8-16-36(21-25)31(38)40-22-24-10-5-4-6-11-24/h4-6,9-11,13-15,17,20,25H,7-8,12,16,18-19,21-23H2,1-3H3,(H,32,34). The van der Waals surface area contributed by atoms with Crippen LogP contribution in [0, 0.1) is 0 Å². The fraction of sp³-hybridized carbons (Fsp3) is 0.419. The van der Waals surface area contributed by atoms with Gasteiger partial charge in [-0.1, -0.05) is 30.3 Å². The van der Waals surface area contributed by atoms with Crippen molar-refractivity contribution in [2.24, 2.45) is 0 Å². The maximum atomic E-state index is 12.9. The number of amides is 1. The first-order chi connectivity index (χ1) is 19.9. The zero-order valence-electron chi connectivity index (χ0n) is 24.2. The van der Waals surface area contributed by atoms with E-state index in [1.165, 1.54) is 0 Å². The van der Waals surface area contributed by atoms with Crippen molar-refractivity contribution in [2.45, 2.75) is 38.6 Å². The average Bonchev–Trinajstić information content (AvgIpc) is 3.22. The predicted octanol–water partition coefficient (Wildman–Crippen LogP) is 5.76. The number of fused-ring (bicyclic) bond motifs is 1. The minimum atomic E-state index is -0.581. The molecule has 1 atom stereocenters. The number of nitrogens with one attached hydrogen (secondary N) is 1. The van der Waals surface area contributed by atoms with Gasteiger partial charge < -0.3 is 24.3 Å². The Morgan fingerprint density at radius 1 is 1.07 bits per heavy atom. The number of ether oxygens (including phenoxy) is 2. The molecule has 1 aliphatic heterocycles. The van der Waals surface area contributed by atoms with E-state index in [4.69, 9.17) is 19.4 Å². The third-order valence-corrected chi connectivity index (χ3v) is 8.48. The second-order valence-electron chi connectivity index (χ2n) is 11.3. The Labute approximate surface area is 243 Å². The molecule has 9 nitrogen and oxygen atoms in total. The summed E-state index contributed by atoms with van der Waals surface area (Å²) in [6.45, 7) is 2.69. The van der Waals surface area contributed by atoms with Crippen molar-refractivity contribution in [3.63, 3.8) is 0 Å². The van der Waals surface area contributed by atoms with Crippen LogP contribution >= 0.6 is 10.0 Å². The number of carbonyl (C=O) groups excluding carboxylic acids is 1. The Kier molecular flexibility index (Phi) is 9.41. The molecule has 0 bridgehead atoms. The van der Waals surface area contributed by atoms with Crippen molar-refractivity contribution in [2.75, 3.05) is 49.5 Å². The Bertz CT molecular complexity index is 1440. The van der Waals surface area contributed by atoms with Crippen molar-refractivity contribution >= 4 is 33.1 Å². The first-order valence-corrected chi connectivity index (χ1v) is 17.1. The van der Waals surface area contributed by atoms with Gasteiger partial charge in [-0.2, -0.15) is 0 Å². The molecule has 10 heteroatoms. The molecule has 0 saturated carbocycles. The maximum Gasteiger partial charge on any atom is 0.410 e. The SMILES string of the molecule is CS(C)(C)CCOCn1ccc2nc(-c3cccnc3NC3CCCCN(C(=O)OCc4ccccc4)C3)cnc21. The Morgan fingerprint density at radius 3 is 2.76 bits per heavy atom. The second kappa shape index (κ2) is 13.4. The van der Waals surface area contributed by atoms with Crippen LogP contribution in [0.25, 0.3) is 22.4 Å². The van der Waals surface area contributed by atoms with E-state index < -0.39 is 10.0 Å². The Hall–Kier alpha value is -3.63. The molecule has 41 heavy (non-hydrogen) atoms. The van der Waals surface area contributed by atoms with E-state index in [1.807, 2.05) is 59.3 Å². The van der Waals surface area contributed by atoms with Crippen LogP contribution in [0.15, 0.2) is 67.1 Å². The van der Waals surface area contributed by atoms with E-state index in [2.05, 4.69) is 29.1 Å². The van der Waals surface area contributed by atoms with Gasteiger partial charge in [0.2, 0.25) is 0 Å². The smallest absolute Gasteiger partial charge is 0.410 e. The number of carbonyl (C=O) groups is 1. The van der Waals surface area contributed by atoms with Gasteiger partial charge in [-0.05, 0) is 61.8 Å². The highest BCUT2D eigenvalue weighted by Gasteiger charge is 2.24. The molecule has 3 aromatic heterocycles. The van der Waals surface area contributed by atoms with Crippen LogP contribution < -0.4 is 5.32 Å². The molecule has 1 saturated heterocycles. The molecule has 1 aromatic carbocycles. The fourth-order valence-corrected chi connectivity index (χ4v) is 5.44. The second-order valence-corrected chi connectivity index (χ2v) is 15.9. The number of nitrogens with zero attached hydrogens (tertiary/aromatic N) is 5. The molecule has 1 fully saturated rings. The van der Waals surface area contributed by atoms with Crippen LogP contribution in [0.2, 0.25) is 0 Å². The number of hydrogen-bond donors (Lipinski definition) is 1. The fourth-order valence-electron chi connectivity index (χ4n) is 4.82. The van der Waals surface area contributed by atoms with Gasteiger partial charge in [-0.25, -0.2) is 29.8 Å². The molecule has 0 spiro atoms. The van der Waals surface area contributed by atoms with Gasteiger partial charge in [0.15, 0.2) is 5.65 Å².